The van der Waals surface area contributed by atoms with E-state index in [1.807, 2.05) is 18.2 Å². The smallest absolute Gasteiger partial charge is 0.276 e. The molecule has 0 radical (unpaired) electrons. The van der Waals surface area contributed by atoms with Crippen LogP contribution in [0.3, 0.4) is 0 Å². The molecule has 3 heterocycles. The molecule has 4 nitrogen and oxygen atoms in total. The van der Waals surface area contributed by atoms with Gasteiger partial charge >= 0.3 is 0 Å². The van der Waals surface area contributed by atoms with E-state index in [1.54, 1.807) is 16.2 Å². The van der Waals surface area contributed by atoms with Crippen molar-refractivity contribution in [2.75, 3.05) is 13.2 Å². The molecular formula is C13H13BrN2O2S2. The summed E-state index contributed by atoms with van der Waals surface area (Å²) in [6.45, 7) is 1.31. The number of rotatable bonds is 3. The van der Waals surface area contributed by atoms with Gasteiger partial charge in [-0.2, -0.15) is 0 Å². The van der Waals surface area contributed by atoms with Gasteiger partial charge in [0.2, 0.25) is 0 Å². The molecule has 1 unspecified atom stereocenters. The Morgan fingerprint density at radius 2 is 2.45 bits per heavy atom. The second-order valence-electron chi connectivity index (χ2n) is 4.68. The minimum atomic E-state index is -0.0741. The van der Waals surface area contributed by atoms with Crippen molar-refractivity contribution in [3.05, 3.63) is 26.5 Å². The third-order valence-electron chi connectivity index (χ3n) is 3.25. The second-order valence-corrected chi connectivity index (χ2v) is 7.56. The van der Waals surface area contributed by atoms with Crippen molar-refractivity contribution in [1.29, 1.82) is 0 Å². The lowest BCUT2D eigenvalue weighted by molar-refractivity contribution is -0.123. The Morgan fingerprint density at radius 3 is 3.10 bits per heavy atom. The summed E-state index contributed by atoms with van der Waals surface area (Å²) in [6.07, 6.45) is 3.98. The molecule has 2 aliphatic rings. The highest BCUT2D eigenvalue weighted by Gasteiger charge is 2.33. The third kappa shape index (κ3) is 2.95. The number of thiophene rings is 1. The molecule has 106 valence electrons. The van der Waals surface area contributed by atoms with Gasteiger partial charge < -0.3 is 10.1 Å². The summed E-state index contributed by atoms with van der Waals surface area (Å²) in [6, 6.07) is 3.92. The van der Waals surface area contributed by atoms with E-state index in [2.05, 4.69) is 21.2 Å². The number of hydrogen-bond acceptors (Lipinski definition) is 4. The topological polar surface area (TPSA) is 41.6 Å². The molecule has 1 atom stereocenters. The molecule has 0 saturated carbocycles. The zero-order valence-corrected chi connectivity index (χ0v) is 13.8. The molecule has 0 spiro atoms. The van der Waals surface area contributed by atoms with Gasteiger partial charge in [0.1, 0.15) is 5.70 Å². The Bertz CT molecular complexity index is 579. The first-order valence-corrected chi connectivity index (χ1v) is 8.37. The molecular weight excluding hydrogens is 360 g/mol. The van der Waals surface area contributed by atoms with E-state index in [9.17, 15) is 4.79 Å². The number of ether oxygens (including phenoxy) is 1. The molecule has 20 heavy (non-hydrogen) atoms. The van der Waals surface area contributed by atoms with Gasteiger partial charge in [-0.3, -0.25) is 9.69 Å². The van der Waals surface area contributed by atoms with Crippen LogP contribution in [0.2, 0.25) is 0 Å². The van der Waals surface area contributed by atoms with Crippen molar-refractivity contribution in [2.45, 2.75) is 18.9 Å². The summed E-state index contributed by atoms with van der Waals surface area (Å²) in [7, 11) is 0. The minimum Gasteiger partial charge on any atom is -0.376 e. The van der Waals surface area contributed by atoms with Gasteiger partial charge in [0.15, 0.2) is 5.11 Å². The summed E-state index contributed by atoms with van der Waals surface area (Å²) < 4.78 is 6.60. The summed E-state index contributed by atoms with van der Waals surface area (Å²) in [4.78, 5) is 15.0. The Kier molecular flexibility index (Phi) is 4.21. The predicted molar refractivity (Wildman–Crippen MR) is 86.4 cm³/mol. The summed E-state index contributed by atoms with van der Waals surface area (Å²) in [5.41, 5.74) is 0.530. The number of carbonyl (C=O) groups is 1. The van der Waals surface area contributed by atoms with Gasteiger partial charge in [0, 0.05) is 11.5 Å². The van der Waals surface area contributed by atoms with Gasteiger partial charge in [-0.15, -0.1) is 11.3 Å². The fourth-order valence-corrected chi connectivity index (χ4v) is 3.91. The maximum atomic E-state index is 12.4. The van der Waals surface area contributed by atoms with Crippen LogP contribution < -0.4 is 5.32 Å². The molecule has 2 fully saturated rings. The van der Waals surface area contributed by atoms with E-state index < -0.39 is 0 Å². The van der Waals surface area contributed by atoms with Crippen molar-refractivity contribution in [2.24, 2.45) is 0 Å². The fraction of sp³-hybridized carbons (Fsp3) is 0.385. The van der Waals surface area contributed by atoms with Crippen molar-refractivity contribution in [1.82, 2.24) is 10.2 Å². The predicted octanol–water partition coefficient (Wildman–Crippen LogP) is 2.75. The normalized spacial score (nSPS) is 24.8. The van der Waals surface area contributed by atoms with Gasteiger partial charge in [0.05, 0.1) is 16.4 Å². The summed E-state index contributed by atoms with van der Waals surface area (Å²) >= 11 is 10.2. The van der Waals surface area contributed by atoms with Crippen LogP contribution in [0.4, 0.5) is 0 Å². The zero-order valence-electron chi connectivity index (χ0n) is 10.6. The Labute approximate surface area is 134 Å². The fourth-order valence-electron chi connectivity index (χ4n) is 2.28. The monoisotopic (exact) mass is 372 g/mol. The molecule has 7 heteroatoms. The van der Waals surface area contributed by atoms with Crippen molar-refractivity contribution >= 4 is 56.6 Å². The van der Waals surface area contributed by atoms with Crippen molar-refractivity contribution in [3.63, 3.8) is 0 Å². The Hall–Kier alpha value is -0.760. The quantitative estimate of drug-likeness (QED) is 0.654. The number of nitrogens with zero attached hydrogens (tertiary/aromatic N) is 1. The van der Waals surface area contributed by atoms with E-state index in [4.69, 9.17) is 17.0 Å². The minimum absolute atomic E-state index is 0.0741. The first kappa shape index (κ1) is 14.2. The van der Waals surface area contributed by atoms with Crippen LogP contribution in [-0.2, 0) is 9.53 Å². The molecule has 0 aliphatic carbocycles. The molecule has 1 aromatic rings. The molecule has 1 amide bonds. The van der Waals surface area contributed by atoms with E-state index >= 15 is 0 Å². The van der Waals surface area contributed by atoms with Crippen LogP contribution in [0.25, 0.3) is 6.08 Å². The van der Waals surface area contributed by atoms with Crippen LogP contribution in [0.5, 0.6) is 0 Å². The van der Waals surface area contributed by atoms with Gasteiger partial charge in [-0.25, -0.2) is 0 Å². The highest BCUT2D eigenvalue weighted by Crippen LogP contribution is 2.25. The van der Waals surface area contributed by atoms with Gasteiger partial charge in [-0.05, 0) is 59.2 Å². The van der Waals surface area contributed by atoms with E-state index in [1.165, 1.54) is 0 Å². The second kappa shape index (κ2) is 5.93. The molecule has 2 saturated heterocycles. The highest BCUT2D eigenvalue weighted by atomic mass is 79.9. The standard InChI is InChI=1S/C13H13BrN2O2S2/c14-11-4-3-9(20-11)6-10-12(17)16(13(19)15-10)7-8-2-1-5-18-8/h3-4,6,8H,1-2,5,7H2,(H,15,19)/b10-6+. The number of nitrogens with one attached hydrogen (secondary N) is 1. The SMILES string of the molecule is O=C1/C(=C\c2ccc(Br)s2)NC(=S)N1CC1CCCO1. The summed E-state index contributed by atoms with van der Waals surface area (Å²) in [5.74, 6) is -0.0741. The highest BCUT2D eigenvalue weighted by molar-refractivity contribution is 9.11. The van der Waals surface area contributed by atoms with Crippen molar-refractivity contribution in [3.8, 4) is 0 Å². The maximum Gasteiger partial charge on any atom is 0.276 e. The summed E-state index contributed by atoms with van der Waals surface area (Å²) in [5, 5.41) is 3.46. The molecule has 1 N–H and O–H groups in total. The van der Waals surface area contributed by atoms with E-state index in [-0.39, 0.29) is 12.0 Å². The molecule has 3 rings (SSSR count). The lowest BCUT2D eigenvalue weighted by Crippen LogP contribution is -2.37. The Morgan fingerprint density at radius 1 is 1.60 bits per heavy atom. The lowest BCUT2D eigenvalue weighted by Gasteiger charge is -2.18. The van der Waals surface area contributed by atoms with Crippen LogP contribution in [-0.4, -0.2) is 35.2 Å². The van der Waals surface area contributed by atoms with Gasteiger partial charge in [-0.1, -0.05) is 0 Å². The molecule has 2 aliphatic heterocycles. The maximum absolute atomic E-state index is 12.4. The zero-order chi connectivity index (χ0) is 14.1. The van der Waals surface area contributed by atoms with Crippen molar-refractivity contribution < 1.29 is 9.53 Å². The largest absolute Gasteiger partial charge is 0.376 e. The first-order chi connectivity index (χ1) is 9.63. The number of hydrogen-bond donors (Lipinski definition) is 1. The third-order valence-corrected chi connectivity index (χ3v) is 5.15. The van der Waals surface area contributed by atoms with Crippen LogP contribution >= 0.6 is 39.5 Å². The molecule has 0 bridgehead atoms. The number of carbonyl (C=O) groups excluding carboxylic acids is 1. The molecule has 0 aromatic carbocycles. The van der Waals surface area contributed by atoms with E-state index in [0.717, 1.165) is 28.1 Å². The molecule has 1 aromatic heterocycles. The van der Waals surface area contributed by atoms with E-state index in [0.29, 0.717) is 17.4 Å². The lowest BCUT2D eigenvalue weighted by atomic mass is 10.2. The number of amides is 1. The van der Waals surface area contributed by atoms with Crippen LogP contribution in [0.15, 0.2) is 21.6 Å². The number of thiocarbonyl (C=S) groups is 1. The van der Waals surface area contributed by atoms with Crippen LogP contribution in [0.1, 0.15) is 17.7 Å². The van der Waals surface area contributed by atoms with Gasteiger partial charge in [0.25, 0.3) is 5.91 Å². The average Bonchev–Trinajstić information content (AvgIpc) is 3.10. The Balaban J connectivity index is 1.74. The first-order valence-electron chi connectivity index (χ1n) is 6.35. The average molecular weight is 373 g/mol. The number of halogens is 1. The van der Waals surface area contributed by atoms with Crippen LogP contribution in [0, 0.1) is 0 Å².